The number of hydrogen-bond donors (Lipinski definition) is 1. The molecule has 5 rings (SSSR count). The van der Waals surface area contributed by atoms with Crippen LogP contribution in [-0.2, 0) is 11.2 Å². The Morgan fingerprint density at radius 3 is 2.46 bits per heavy atom. The molecule has 0 saturated heterocycles. The molecule has 3 aromatic carbocycles. The molecule has 6 nitrogen and oxygen atoms in total. The van der Waals surface area contributed by atoms with Gasteiger partial charge in [0.1, 0.15) is 17.2 Å². The minimum atomic E-state index is -0.915. The van der Waals surface area contributed by atoms with E-state index in [-0.39, 0.29) is 17.2 Å². The van der Waals surface area contributed by atoms with Gasteiger partial charge in [-0.25, -0.2) is 0 Å². The van der Waals surface area contributed by atoms with E-state index >= 15 is 0 Å². The highest BCUT2D eigenvalue weighted by molar-refractivity contribution is 6.32. The summed E-state index contributed by atoms with van der Waals surface area (Å²) >= 11 is 12.4. The number of Topliss-reactive ketones (excluding diaryl/α,β-unsaturated/α-hetero) is 1. The van der Waals surface area contributed by atoms with Gasteiger partial charge in [-0.3, -0.25) is 14.6 Å². The SMILES string of the molecule is O=C(Cc1cc(-c2ccc(Cl)cc2)ccn1)c1ccc(Oc2cc3c(cc2Cl)C(C(=O)O)CCO3)cc1. The Hall–Kier alpha value is -3.87. The van der Waals surface area contributed by atoms with Crippen LogP contribution in [0.3, 0.4) is 0 Å². The minimum Gasteiger partial charge on any atom is -0.493 e. The van der Waals surface area contributed by atoms with Gasteiger partial charge in [0.25, 0.3) is 0 Å². The van der Waals surface area contributed by atoms with Gasteiger partial charge in [-0.1, -0.05) is 35.3 Å². The van der Waals surface area contributed by atoms with Gasteiger partial charge in [0, 0.05) is 34.1 Å². The summed E-state index contributed by atoms with van der Waals surface area (Å²) in [7, 11) is 0. The van der Waals surface area contributed by atoms with E-state index < -0.39 is 11.9 Å². The van der Waals surface area contributed by atoms with Crippen molar-refractivity contribution in [1.29, 1.82) is 0 Å². The Morgan fingerprint density at radius 1 is 0.973 bits per heavy atom. The van der Waals surface area contributed by atoms with Crippen LogP contribution in [0.1, 0.15) is 34.0 Å². The van der Waals surface area contributed by atoms with Crippen LogP contribution in [0.4, 0.5) is 0 Å². The van der Waals surface area contributed by atoms with Gasteiger partial charge in [-0.2, -0.15) is 0 Å². The van der Waals surface area contributed by atoms with Crippen LogP contribution in [0, 0.1) is 0 Å². The zero-order valence-corrected chi connectivity index (χ0v) is 21.0. The summed E-state index contributed by atoms with van der Waals surface area (Å²) in [6.45, 7) is 0.305. The number of nitrogens with zero attached hydrogens (tertiary/aromatic N) is 1. The second-order valence-electron chi connectivity index (χ2n) is 8.62. The summed E-state index contributed by atoms with van der Waals surface area (Å²) in [5, 5.41) is 10.4. The molecule has 0 aliphatic carbocycles. The average Bonchev–Trinajstić information content (AvgIpc) is 2.89. The highest BCUT2D eigenvalue weighted by Crippen LogP contribution is 2.41. The highest BCUT2D eigenvalue weighted by atomic mass is 35.5. The van der Waals surface area contributed by atoms with Crippen LogP contribution in [-0.4, -0.2) is 28.4 Å². The molecule has 0 amide bonds. The van der Waals surface area contributed by atoms with Crippen LogP contribution >= 0.6 is 23.2 Å². The number of carboxylic acid groups (broad SMARTS) is 1. The van der Waals surface area contributed by atoms with Crippen LogP contribution < -0.4 is 9.47 Å². The standard InChI is InChI=1S/C29H21Cl2NO5/c30-20-5-1-17(2-6-20)19-9-11-32-21(13-19)14-26(33)18-3-7-22(8-4-18)37-28-16-27-24(15-25(28)31)23(29(34)35)10-12-36-27/h1-9,11,13,15-16,23H,10,12,14H2,(H,34,35). The molecule has 37 heavy (non-hydrogen) atoms. The molecule has 0 saturated carbocycles. The predicted molar refractivity (Wildman–Crippen MR) is 141 cm³/mol. The first-order chi connectivity index (χ1) is 17.9. The van der Waals surface area contributed by atoms with E-state index in [1.165, 1.54) is 0 Å². The van der Waals surface area contributed by atoms with Crippen molar-refractivity contribution in [3.8, 4) is 28.4 Å². The monoisotopic (exact) mass is 533 g/mol. The lowest BCUT2D eigenvalue weighted by Crippen LogP contribution is -2.20. The maximum Gasteiger partial charge on any atom is 0.311 e. The summed E-state index contributed by atoms with van der Waals surface area (Å²) in [5.41, 5.74) is 3.67. The van der Waals surface area contributed by atoms with E-state index in [2.05, 4.69) is 4.98 Å². The maximum atomic E-state index is 12.9. The van der Waals surface area contributed by atoms with Crippen molar-refractivity contribution >= 4 is 35.0 Å². The van der Waals surface area contributed by atoms with Crippen LogP contribution in [0.2, 0.25) is 10.0 Å². The number of aromatic nitrogens is 1. The molecule has 0 spiro atoms. The van der Waals surface area contributed by atoms with Crippen LogP contribution in [0.25, 0.3) is 11.1 Å². The fraction of sp³-hybridized carbons (Fsp3) is 0.138. The van der Waals surface area contributed by atoms with Gasteiger partial charge in [0.05, 0.1) is 24.0 Å². The van der Waals surface area contributed by atoms with Gasteiger partial charge in [0.2, 0.25) is 0 Å². The summed E-state index contributed by atoms with van der Waals surface area (Å²) in [6.07, 6.45) is 2.23. The van der Waals surface area contributed by atoms with Crippen molar-refractivity contribution in [2.24, 2.45) is 0 Å². The Labute approximate surface area is 223 Å². The molecule has 1 aliphatic rings. The molecule has 1 atom stereocenters. The fourth-order valence-corrected chi connectivity index (χ4v) is 4.56. The number of ether oxygens (including phenoxy) is 2. The second kappa shape index (κ2) is 10.6. The Bertz CT molecular complexity index is 1470. The highest BCUT2D eigenvalue weighted by Gasteiger charge is 2.29. The third-order valence-electron chi connectivity index (χ3n) is 6.14. The average molecular weight is 534 g/mol. The summed E-state index contributed by atoms with van der Waals surface area (Å²) in [5.74, 6) is -0.394. The molecule has 4 aromatic rings. The number of fused-ring (bicyclic) bond motifs is 1. The van der Waals surface area contributed by atoms with Crippen molar-refractivity contribution in [3.05, 3.63) is 106 Å². The third-order valence-corrected chi connectivity index (χ3v) is 6.69. The molecule has 1 aromatic heterocycles. The van der Waals surface area contributed by atoms with E-state index in [9.17, 15) is 14.7 Å². The van der Waals surface area contributed by atoms with Crippen molar-refractivity contribution in [3.63, 3.8) is 0 Å². The molecule has 1 unspecified atom stereocenters. The Morgan fingerprint density at radius 2 is 1.73 bits per heavy atom. The predicted octanol–water partition coefficient (Wildman–Crippen LogP) is 7.22. The number of ketones is 1. The molecule has 0 bridgehead atoms. The number of carboxylic acids is 1. The first-order valence-electron chi connectivity index (χ1n) is 11.6. The lowest BCUT2D eigenvalue weighted by atomic mass is 9.93. The molecule has 0 radical (unpaired) electrons. The molecule has 1 aliphatic heterocycles. The number of carbonyl (C=O) groups is 2. The van der Waals surface area contributed by atoms with Gasteiger partial charge in [0.15, 0.2) is 5.78 Å². The largest absolute Gasteiger partial charge is 0.493 e. The van der Waals surface area contributed by atoms with Crippen molar-refractivity contribution in [2.75, 3.05) is 6.61 Å². The number of carbonyl (C=O) groups excluding carboxylic acids is 1. The van der Waals surface area contributed by atoms with E-state index in [0.29, 0.717) is 52.1 Å². The first kappa shape index (κ1) is 24.8. The number of halogens is 2. The third kappa shape index (κ3) is 5.61. The minimum absolute atomic E-state index is 0.0766. The molecule has 1 N–H and O–H groups in total. The maximum absolute atomic E-state index is 12.9. The fourth-order valence-electron chi connectivity index (χ4n) is 4.22. The number of rotatable bonds is 7. The van der Waals surface area contributed by atoms with E-state index in [0.717, 1.165) is 11.1 Å². The van der Waals surface area contributed by atoms with Gasteiger partial charge < -0.3 is 14.6 Å². The van der Waals surface area contributed by atoms with E-state index in [1.54, 1.807) is 42.6 Å². The summed E-state index contributed by atoms with van der Waals surface area (Å²) in [4.78, 5) is 28.8. The van der Waals surface area contributed by atoms with Crippen LogP contribution in [0.5, 0.6) is 17.2 Å². The molecule has 2 heterocycles. The van der Waals surface area contributed by atoms with Crippen molar-refractivity contribution in [2.45, 2.75) is 18.8 Å². The van der Waals surface area contributed by atoms with Gasteiger partial charge in [-0.05, 0) is 72.1 Å². The van der Waals surface area contributed by atoms with E-state index in [1.807, 2.05) is 36.4 Å². The zero-order chi connectivity index (χ0) is 25.9. The lowest BCUT2D eigenvalue weighted by Gasteiger charge is -2.24. The topological polar surface area (TPSA) is 85.7 Å². The number of aliphatic carboxylic acids is 1. The number of pyridine rings is 1. The smallest absolute Gasteiger partial charge is 0.311 e. The van der Waals surface area contributed by atoms with Crippen molar-refractivity contribution in [1.82, 2.24) is 4.98 Å². The lowest BCUT2D eigenvalue weighted by molar-refractivity contribution is -0.139. The quantitative estimate of drug-likeness (QED) is 0.252. The number of benzene rings is 3. The zero-order valence-electron chi connectivity index (χ0n) is 19.5. The first-order valence-corrected chi connectivity index (χ1v) is 12.3. The molecule has 186 valence electrons. The second-order valence-corrected chi connectivity index (χ2v) is 9.46. The number of hydrogen-bond acceptors (Lipinski definition) is 5. The molecule has 0 fully saturated rings. The summed E-state index contributed by atoms with van der Waals surface area (Å²) in [6, 6.07) is 21.2. The van der Waals surface area contributed by atoms with Gasteiger partial charge >= 0.3 is 5.97 Å². The normalized spacial score (nSPS) is 14.4. The molecule has 8 heteroatoms. The van der Waals surface area contributed by atoms with E-state index in [4.69, 9.17) is 32.7 Å². The molecular weight excluding hydrogens is 513 g/mol. The van der Waals surface area contributed by atoms with Gasteiger partial charge in [-0.15, -0.1) is 0 Å². The Balaban J connectivity index is 1.28. The molecular formula is C29H21Cl2NO5. The van der Waals surface area contributed by atoms with Crippen molar-refractivity contribution < 1.29 is 24.2 Å². The summed E-state index contributed by atoms with van der Waals surface area (Å²) < 4.78 is 11.5. The Kier molecular flexibility index (Phi) is 7.12. The van der Waals surface area contributed by atoms with Crippen LogP contribution in [0.15, 0.2) is 79.0 Å².